The van der Waals surface area contributed by atoms with Crippen molar-refractivity contribution in [2.24, 2.45) is 0 Å². The third-order valence-electron chi connectivity index (χ3n) is 6.66. The molecular formula is C30H24ClN3O6S2. The van der Waals surface area contributed by atoms with E-state index in [-0.39, 0.29) is 16.5 Å². The second-order valence-electron chi connectivity index (χ2n) is 9.26. The van der Waals surface area contributed by atoms with Crippen LogP contribution in [-0.4, -0.2) is 46.8 Å². The highest BCUT2D eigenvalue weighted by Crippen LogP contribution is 2.45. The van der Waals surface area contributed by atoms with E-state index in [4.69, 9.17) is 25.8 Å². The minimum absolute atomic E-state index is 0.0780. The first-order valence-electron chi connectivity index (χ1n) is 13.1. The number of ether oxygens (including phenoxy) is 3. The van der Waals surface area contributed by atoms with Gasteiger partial charge in [0.2, 0.25) is 5.13 Å². The summed E-state index contributed by atoms with van der Waals surface area (Å²) in [6.45, 7) is 3.08. The number of carbonyl (C=O) groups is 2. The molecule has 1 aromatic heterocycles. The number of hydrogen-bond acceptors (Lipinski definition) is 10. The zero-order valence-electron chi connectivity index (χ0n) is 22.3. The quantitative estimate of drug-likeness (QED) is 0.0799. The number of rotatable bonds is 8. The van der Waals surface area contributed by atoms with Crippen LogP contribution in [0.3, 0.4) is 0 Å². The van der Waals surface area contributed by atoms with Crippen LogP contribution in [0.2, 0.25) is 5.02 Å². The molecule has 2 aliphatic heterocycles. The van der Waals surface area contributed by atoms with Crippen molar-refractivity contribution in [3.05, 3.63) is 94.0 Å². The molecule has 1 N–H and O–H groups in total. The van der Waals surface area contributed by atoms with Gasteiger partial charge in [-0.05, 0) is 54.4 Å². The fourth-order valence-corrected chi connectivity index (χ4v) is 6.90. The summed E-state index contributed by atoms with van der Waals surface area (Å²) < 4.78 is 17.6. The minimum atomic E-state index is -0.979. The Kier molecular flexibility index (Phi) is 8.05. The molecule has 0 unspecified atom stereocenters. The Balaban J connectivity index is 1.41. The molecule has 214 valence electrons. The molecule has 1 fully saturated rings. The smallest absolute Gasteiger partial charge is 0.301 e. The number of aliphatic hydroxyl groups excluding tert-OH is 1. The molecular weight excluding hydrogens is 598 g/mol. The Labute approximate surface area is 254 Å². The van der Waals surface area contributed by atoms with Crippen molar-refractivity contribution in [2.75, 3.05) is 24.7 Å². The van der Waals surface area contributed by atoms with Crippen LogP contribution in [0.25, 0.3) is 5.76 Å². The van der Waals surface area contributed by atoms with Crippen molar-refractivity contribution < 1.29 is 28.9 Å². The Morgan fingerprint density at radius 1 is 1.07 bits per heavy atom. The van der Waals surface area contributed by atoms with Crippen LogP contribution >= 0.6 is 34.7 Å². The molecule has 4 aromatic rings. The van der Waals surface area contributed by atoms with Crippen LogP contribution in [0.1, 0.15) is 29.7 Å². The second-order valence-corrected chi connectivity index (χ2v) is 11.8. The molecule has 42 heavy (non-hydrogen) atoms. The van der Waals surface area contributed by atoms with Gasteiger partial charge in [-0.1, -0.05) is 65.0 Å². The summed E-state index contributed by atoms with van der Waals surface area (Å²) in [5, 5.41) is 20.9. The Morgan fingerprint density at radius 3 is 2.69 bits per heavy atom. The number of aromatic nitrogens is 2. The van der Waals surface area contributed by atoms with Crippen LogP contribution in [0.4, 0.5) is 5.13 Å². The third-order valence-corrected chi connectivity index (χ3v) is 9.13. The highest BCUT2D eigenvalue weighted by molar-refractivity contribution is 8.00. The number of nitrogens with zero attached hydrogens (tertiary/aromatic N) is 3. The molecule has 0 aliphatic carbocycles. The first-order chi connectivity index (χ1) is 20.4. The van der Waals surface area contributed by atoms with E-state index in [9.17, 15) is 14.7 Å². The summed E-state index contributed by atoms with van der Waals surface area (Å²) in [6, 6.07) is 18.5. The number of ketones is 1. The van der Waals surface area contributed by atoms with Crippen LogP contribution in [0.15, 0.2) is 76.6 Å². The van der Waals surface area contributed by atoms with Gasteiger partial charge >= 0.3 is 5.91 Å². The number of Topliss-reactive ketones (excluding diaryl/α,β-unsaturated/α-hetero) is 1. The standard InChI is InChI=1S/C30H24ClN3O6S2/c1-2-38-20-8-5-7-17(14-20)25-24(26(35)18-10-11-22-23(15-18)40-13-12-39-22)27(36)28(37)34(25)29-32-33-30(42-29)41-16-19-6-3-4-9-21(19)31/h3-11,14-15,25,35H,2,12-13,16H2,1H3/b26-24+/t25-/m0/s1. The van der Waals surface area contributed by atoms with E-state index in [1.54, 1.807) is 42.5 Å². The number of anilines is 1. The van der Waals surface area contributed by atoms with Gasteiger partial charge in [0, 0.05) is 16.3 Å². The van der Waals surface area contributed by atoms with Crippen LogP contribution in [0.5, 0.6) is 17.2 Å². The van der Waals surface area contributed by atoms with E-state index in [1.165, 1.54) is 28.0 Å². The lowest BCUT2D eigenvalue weighted by Crippen LogP contribution is -2.29. The van der Waals surface area contributed by atoms with Crippen molar-refractivity contribution in [2.45, 2.75) is 23.1 Å². The summed E-state index contributed by atoms with van der Waals surface area (Å²) in [6.07, 6.45) is 0. The van der Waals surface area contributed by atoms with Gasteiger partial charge in [0.25, 0.3) is 5.78 Å². The molecule has 1 saturated heterocycles. The molecule has 0 bridgehead atoms. The lowest BCUT2D eigenvalue weighted by Gasteiger charge is -2.23. The number of thioether (sulfide) groups is 1. The predicted octanol–water partition coefficient (Wildman–Crippen LogP) is 6.28. The summed E-state index contributed by atoms with van der Waals surface area (Å²) in [5.41, 5.74) is 1.75. The Hall–Kier alpha value is -4.06. The Morgan fingerprint density at radius 2 is 1.88 bits per heavy atom. The van der Waals surface area contributed by atoms with Crippen molar-refractivity contribution in [3.8, 4) is 17.2 Å². The SMILES string of the molecule is CCOc1cccc([C@H]2/C(=C(\O)c3ccc4c(c3)OCCO4)C(=O)C(=O)N2c2nnc(SCc3ccccc3Cl)s2)c1. The van der Waals surface area contributed by atoms with Gasteiger partial charge in [-0.3, -0.25) is 14.5 Å². The van der Waals surface area contributed by atoms with E-state index in [0.29, 0.717) is 63.3 Å². The largest absolute Gasteiger partial charge is 0.507 e. The predicted molar refractivity (Wildman–Crippen MR) is 161 cm³/mol. The number of benzene rings is 3. The number of amides is 1. The second kappa shape index (κ2) is 12.0. The number of carbonyl (C=O) groups excluding carboxylic acids is 2. The number of hydrogen-bond donors (Lipinski definition) is 1. The van der Waals surface area contributed by atoms with Crippen LogP contribution < -0.4 is 19.1 Å². The summed E-state index contributed by atoms with van der Waals surface area (Å²) >= 11 is 8.91. The van der Waals surface area contributed by atoms with Crippen molar-refractivity contribution in [1.82, 2.24) is 10.2 Å². The molecule has 6 rings (SSSR count). The fourth-order valence-electron chi connectivity index (χ4n) is 4.75. The fraction of sp³-hybridized carbons (Fsp3) is 0.200. The molecule has 1 atom stereocenters. The minimum Gasteiger partial charge on any atom is -0.507 e. The molecule has 0 saturated carbocycles. The number of fused-ring (bicyclic) bond motifs is 1. The lowest BCUT2D eigenvalue weighted by molar-refractivity contribution is -0.132. The van der Waals surface area contributed by atoms with Crippen molar-refractivity contribution >= 4 is 57.3 Å². The summed E-state index contributed by atoms with van der Waals surface area (Å²) in [4.78, 5) is 28.5. The summed E-state index contributed by atoms with van der Waals surface area (Å²) in [7, 11) is 0. The molecule has 3 heterocycles. The molecule has 3 aromatic carbocycles. The molecule has 12 heteroatoms. The average Bonchev–Trinajstić information content (AvgIpc) is 3.58. The van der Waals surface area contributed by atoms with Gasteiger partial charge in [-0.15, -0.1) is 10.2 Å². The molecule has 0 radical (unpaired) electrons. The van der Waals surface area contributed by atoms with Gasteiger partial charge in [0.1, 0.15) is 24.7 Å². The Bertz CT molecular complexity index is 1710. The molecule has 2 aliphatic rings. The van der Waals surface area contributed by atoms with E-state index in [0.717, 1.165) is 5.56 Å². The topological polar surface area (TPSA) is 111 Å². The van der Waals surface area contributed by atoms with E-state index in [1.807, 2.05) is 31.2 Å². The number of aliphatic hydroxyl groups is 1. The molecule has 1 amide bonds. The van der Waals surface area contributed by atoms with E-state index >= 15 is 0 Å². The number of halogens is 1. The monoisotopic (exact) mass is 621 g/mol. The van der Waals surface area contributed by atoms with Crippen molar-refractivity contribution in [3.63, 3.8) is 0 Å². The first-order valence-corrected chi connectivity index (χ1v) is 15.3. The molecule has 0 spiro atoms. The molecule has 9 nitrogen and oxygen atoms in total. The summed E-state index contributed by atoms with van der Waals surface area (Å²) in [5.74, 6) is 0.102. The lowest BCUT2D eigenvalue weighted by atomic mass is 9.95. The van der Waals surface area contributed by atoms with Crippen LogP contribution in [0, 0.1) is 0 Å². The maximum absolute atomic E-state index is 13.6. The maximum Gasteiger partial charge on any atom is 0.301 e. The highest BCUT2D eigenvalue weighted by atomic mass is 35.5. The first kappa shape index (κ1) is 28.1. The van der Waals surface area contributed by atoms with Gasteiger partial charge in [0.15, 0.2) is 15.8 Å². The maximum atomic E-state index is 13.6. The van der Waals surface area contributed by atoms with Crippen LogP contribution in [-0.2, 0) is 15.3 Å². The zero-order chi connectivity index (χ0) is 29.2. The van der Waals surface area contributed by atoms with E-state index in [2.05, 4.69) is 10.2 Å². The normalized spacial score (nSPS) is 17.5. The van der Waals surface area contributed by atoms with Gasteiger partial charge < -0.3 is 19.3 Å². The third kappa shape index (κ3) is 5.42. The van der Waals surface area contributed by atoms with E-state index < -0.39 is 17.7 Å². The average molecular weight is 622 g/mol. The van der Waals surface area contributed by atoms with Crippen molar-refractivity contribution in [1.29, 1.82) is 0 Å². The zero-order valence-corrected chi connectivity index (χ0v) is 24.7. The van der Waals surface area contributed by atoms with Gasteiger partial charge in [-0.25, -0.2) is 0 Å². The highest BCUT2D eigenvalue weighted by Gasteiger charge is 2.48. The van der Waals surface area contributed by atoms with Gasteiger partial charge in [0.05, 0.1) is 18.2 Å². The van der Waals surface area contributed by atoms with Gasteiger partial charge in [-0.2, -0.15) is 0 Å².